The molecule has 0 bridgehead atoms. The topological polar surface area (TPSA) is 72.3 Å². The van der Waals surface area contributed by atoms with Crippen LogP contribution >= 0.6 is 0 Å². The highest BCUT2D eigenvalue weighted by atomic mass is 32.2. The molecule has 0 radical (unpaired) electrons. The van der Waals surface area contributed by atoms with Crippen molar-refractivity contribution < 1.29 is 13.2 Å². The van der Waals surface area contributed by atoms with E-state index in [0.29, 0.717) is 30.0 Å². The first-order valence-electron chi connectivity index (χ1n) is 9.00. The first-order chi connectivity index (χ1) is 12.3. The lowest BCUT2D eigenvalue weighted by atomic mass is 10.1. The van der Waals surface area contributed by atoms with Crippen molar-refractivity contribution in [2.75, 3.05) is 13.1 Å². The normalized spacial score (nSPS) is 16.4. The Labute approximate surface area is 154 Å². The summed E-state index contributed by atoms with van der Waals surface area (Å²) in [6.07, 6.45) is 3.84. The minimum absolute atomic E-state index is 0.167. The molecule has 1 aliphatic heterocycles. The highest BCUT2D eigenvalue weighted by molar-refractivity contribution is 7.89. The van der Waals surface area contributed by atoms with Gasteiger partial charge in [0, 0.05) is 18.7 Å². The Morgan fingerprint density at radius 1 is 1.04 bits per heavy atom. The number of hydrogen-bond donors (Lipinski definition) is 0. The second kappa shape index (κ2) is 7.32. The van der Waals surface area contributed by atoms with E-state index in [4.69, 9.17) is 0 Å². The summed E-state index contributed by atoms with van der Waals surface area (Å²) < 4.78 is 29.1. The summed E-state index contributed by atoms with van der Waals surface area (Å²) in [6.45, 7) is 6.26. The van der Waals surface area contributed by atoms with Gasteiger partial charge in [0.15, 0.2) is 0 Å². The van der Waals surface area contributed by atoms with E-state index >= 15 is 0 Å². The fourth-order valence-electron chi connectivity index (χ4n) is 3.51. The van der Waals surface area contributed by atoms with Gasteiger partial charge in [-0.15, -0.1) is 0 Å². The summed E-state index contributed by atoms with van der Waals surface area (Å²) in [5.74, 6) is -0.313. The molecule has 6 nitrogen and oxygen atoms in total. The molecular weight excluding hydrogens is 350 g/mol. The third kappa shape index (κ3) is 3.46. The molecule has 7 heteroatoms. The zero-order valence-corrected chi connectivity index (χ0v) is 16.3. The van der Waals surface area contributed by atoms with E-state index in [9.17, 15) is 13.2 Å². The average Bonchev–Trinajstić information content (AvgIpc) is 2.79. The Kier molecular flexibility index (Phi) is 5.29. The van der Waals surface area contributed by atoms with Crippen molar-refractivity contribution in [2.45, 2.75) is 51.3 Å². The van der Waals surface area contributed by atoms with Gasteiger partial charge in [0.1, 0.15) is 4.90 Å². The number of aromatic nitrogens is 2. The Bertz CT molecular complexity index is 924. The van der Waals surface area contributed by atoms with Crippen LogP contribution in [0, 0.1) is 20.8 Å². The van der Waals surface area contributed by atoms with Crippen LogP contribution < -0.4 is 0 Å². The Hall–Kier alpha value is -1.99. The smallest absolute Gasteiger partial charge is 0.267 e. The number of hydrogen-bond acceptors (Lipinski definition) is 4. The van der Waals surface area contributed by atoms with E-state index in [0.717, 1.165) is 31.2 Å². The maximum absolute atomic E-state index is 13.2. The molecule has 0 atom stereocenters. The largest absolute Gasteiger partial charge is 0.278 e. The zero-order valence-electron chi connectivity index (χ0n) is 15.5. The lowest BCUT2D eigenvalue weighted by molar-refractivity contribution is 0.0942. The van der Waals surface area contributed by atoms with E-state index in [-0.39, 0.29) is 10.8 Å². The number of nitrogens with zero attached hydrogens (tertiary/aromatic N) is 3. The van der Waals surface area contributed by atoms with Crippen LogP contribution in [0.5, 0.6) is 0 Å². The third-order valence-electron chi connectivity index (χ3n) is 4.85. The first kappa shape index (κ1) is 18.8. The van der Waals surface area contributed by atoms with Crippen LogP contribution in [0.1, 0.15) is 53.0 Å². The summed E-state index contributed by atoms with van der Waals surface area (Å²) >= 11 is 0. The SMILES string of the molecule is Cc1cccc(C(=O)n2nc(C)c(S(=O)(=O)N3CCCCCC3)c2C)c1. The molecule has 0 N–H and O–H groups in total. The Balaban J connectivity index is 2.01. The highest BCUT2D eigenvalue weighted by Gasteiger charge is 2.32. The molecule has 3 rings (SSSR count). The molecule has 0 amide bonds. The molecule has 0 unspecified atom stereocenters. The Morgan fingerprint density at radius 2 is 1.69 bits per heavy atom. The third-order valence-corrected chi connectivity index (χ3v) is 7.00. The standard InChI is InChI=1S/C19H25N3O3S/c1-14-9-8-10-17(13-14)19(23)22-16(3)18(15(2)20-22)26(24,25)21-11-6-4-5-7-12-21/h8-10,13H,4-7,11-12H2,1-3H3. The van der Waals surface area contributed by atoms with Crippen molar-refractivity contribution in [2.24, 2.45) is 0 Å². The molecule has 1 fully saturated rings. The lowest BCUT2D eigenvalue weighted by Gasteiger charge is -2.20. The number of carbonyl (C=O) groups is 1. The molecule has 1 saturated heterocycles. The van der Waals surface area contributed by atoms with Crippen molar-refractivity contribution >= 4 is 15.9 Å². The van der Waals surface area contributed by atoms with Crippen LogP contribution in [0.3, 0.4) is 0 Å². The van der Waals surface area contributed by atoms with Gasteiger partial charge < -0.3 is 0 Å². The number of carbonyl (C=O) groups excluding carboxylic acids is 1. The zero-order chi connectivity index (χ0) is 18.9. The molecule has 0 aliphatic carbocycles. The minimum Gasteiger partial charge on any atom is -0.267 e. The monoisotopic (exact) mass is 375 g/mol. The summed E-state index contributed by atoms with van der Waals surface area (Å²) in [7, 11) is -3.65. The molecule has 140 valence electrons. The first-order valence-corrected chi connectivity index (χ1v) is 10.4. The summed E-state index contributed by atoms with van der Waals surface area (Å²) in [5, 5.41) is 4.26. The number of aryl methyl sites for hydroxylation is 2. The van der Waals surface area contributed by atoms with Gasteiger partial charge in [0.05, 0.1) is 11.4 Å². The fraction of sp³-hybridized carbons (Fsp3) is 0.474. The highest BCUT2D eigenvalue weighted by Crippen LogP contribution is 2.26. The average molecular weight is 375 g/mol. The van der Waals surface area contributed by atoms with Crippen molar-refractivity contribution in [1.82, 2.24) is 14.1 Å². The van der Waals surface area contributed by atoms with E-state index in [2.05, 4.69) is 5.10 Å². The second-order valence-electron chi connectivity index (χ2n) is 6.90. The second-order valence-corrected chi connectivity index (χ2v) is 8.78. The predicted molar refractivity (Wildman–Crippen MR) is 99.8 cm³/mol. The van der Waals surface area contributed by atoms with Gasteiger partial charge >= 0.3 is 0 Å². The number of benzene rings is 1. The van der Waals surface area contributed by atoms with E-state index in [1.165, 1.54) is 4.68 Å². The summed E-state index contributed by atoms with van der Waals surface area (Å²) in [4.78, 5) is 13.0. The summed E-state index contributed by atoms with van der Waals surface area (Å²) in [6, 6.07) is 7.22. The van der Waals surface area contributed by atoms with E-state index < -0.39 is 10.0 Å². The van der Waals surface area contributed by atoms with Gasteiger partial charge in [-0.1, -0.05) is 30.5 Å². The van der Waals surface area contributed by atoms with Crippen molar-refractivity contribution in [1.29, 1.82) is 0 Å². The fourth-order valence-corrected chi connectivity index (χ4v) is 5.38. The van der Waals surface area contributed by atoms with Crippen LogP contribution in [0.2, 0.25) is 0 Å². The molecule has 2 heterocycles. The molecule has 0 spiro atoms. The quantitative estimate of drug-likeness (QED) is 0.826. The summed E-state index contributed by atoms with van der Waals surface area (Å²) in [5.41, 5.74) is 2.20. The number of rotatable bonds is 3. The lowest BCUT2D eigenvalue weighted by Crippen LogP contribution is -2.32. The van der Waals surface area contributed by atoms with Crippen molar-refractivity contribution in [3.05, 3.63) is 46.8 Å². The van der Waals surface area contributed by atoms with Crippen LogP contribution in [-0.4, -0.2) is 41.5 Å². The van der Waals surface area contributed by atoms with Gasteiger partial charge in [-0.3, -0.25) is 4.79 Å². The van der Waals surface area contributed by atoms with Crippen LogP contribution in [-0.2, 0) is 10.0 Å². The van der Waals surface area contributed by atoms with E-state index in [1.807, 2.05) is 19.1 Å². The molecule has 2 aromatic rings. The minimum atomic E-state index is -3.65. The predicted octanol–water partition coefficient (Wildman–Crippen LogP) is 3.06. The van der Waals surface area contributed by atoms with Crippen LogP contribution in [0.15, 0.2) is 29.2 Å². The van der Waals surface area contributed by atoms with Gasteiger partial charge in [-0.05, 0) is 45.7 Å². The van der Waals surface area contributed by atoms with Crippen molar-refractivity contribution in [3.63, 3.8) is 0 Å². The van der Waals surface area contributed by atoms with E-state index in [1.54, 1.807) is 30.3 Å². The number of sulfonamides is 1. The Morgan fingerprint density at radius 3 is 2.31 bits per heavy atom. The van der Waals surface area contributed by atoms with Gasteiger partial charge in [0.2, 0.25) is 10.0 Å². The van der Waals surface area contributed by atoms with Crippen LogP contribution in [0.4, 0.5) is 0 Å². The molecule has 1 aliphatic rings. The molecule has 26 heavy (non-hydrogen) atoms. The molecule has 1 aromatic heterocycles. The van der Waals surface area contributed by atoms with Crippen LogP contribution in [0.25, 0.3) is 0 Å². The van der Waals surface area contributed by atoms with Gasteiger partial charge in [0.25, 0.3) is 5.91 Å². The molecule has 0 saturated carbocycles. The maximum Gasteiger partial charge on any atom is 0.278 e. The van der Waals surface area contributed by atoms with Gasteiger partial charge in [-0.25, -0.2) is 8.42 Å². The molecular formula is C19H25N3O3S. The molecule has 1 aromatic carbocycles. The van der Waals surface area contributed by atoms with Gasteiger partial charge in [-0.2, -0.15) is 14.1 Å². The maximum atomic E-state index is 13.2. The van der Waals surface area contributed by atoms with Crippen molar-refractivity contribution in [3.8, 4) is 0 Å².